The van der Waals surface area contributed by atoms with E-state index >= 15 is 0 Å². The molecule has 1 heterocycles. The minimum absolute atomic E-state index is 0.0902. The van der Waals surface area contributed by atoms with E-state index in [-0.39, 0.29) is 30.2 Å². The SMILES string of the molecule is CCCn1c(=O)n(CCC(=O)Nc2cccc(NS(N)(=O)=O)c2)c2ccccc21. The predicted molar refractivity (Wildman–Crippen MR) is 113 cm³/mol. The predicted octanol–water partition coefficient (Wildman–Crippen LogP) is 1.86. The second kappa shape index (κ2) is 8.50. The van der Waals surface area contributed by atoms with Gasteiger partial charge in [0.1, 0.15) is 0 Å². The van der Waals surface area contributed by atoms with Gasteiger partial charge in [-0.3, -0.25) is 18.7 Å². The molecule has 0 atom stereocenters. The monoisotopic (exact) mass is 417 g/mol. The minimum Gasteiger partial charge on any atom is -0.326 e. The van der Waals surface area contributed by atoms with Crippen LogP contribution in [0.4, 0.5) is 11.4 Å². The molecule has 9 nitrogen and oxygen atoms in total. The second-order valence-electron chi connectivity index (χ2n) is 6.60. The highest BCUT2D eigenvalue weighted by molar-refractivity contribution is 7.90. The minimum atomic E-state index is -3.90. The van der Waals surface area contributed by atoms with Crippen molar-refractivity contribution in [3.8, 4) is 0 Å². The fourth-order valence-electron chi connectivity index (χ4n) is 3.19. The van der Waals surface area contributed by atoms with Gasteiger partial charge in [-0.25, -0.2) is 9.93 Å². The molecule has 0 aliphatic heterocycles. The van der Waals surface area contributed by atoms with Gasteiger partial charge in [-0.1, -0.05) is 25.1 Å². The molecule has 2 aromatic carbocycles. The number of imidazole rings is 1. The van der Waals surface area contributed by atoms with Crippen molar-refractivity contribution in [2.24, 2.45) is 5.14 Å². The molecule has 0 fully saturated rings. The Labute approximate surface area is 168 Å². The molecule has 10 heteroatoms. The van der Waals surface area contributed by atoms with E-state index < -0.39 is 10.2 Å². The van der Waals surface area contributed by atoms with Crippen LogP contribution < -0.4 is 20.9 Å². The van der Waals surface area contributed by atoms with Crippen LogP contribution in [0.1, 0.15) is 19.8 Å². The molecule has 4 N–H and O–H groups in total. The largest absolute Gasteiger partial charge is 0.329 e. The summed E-state index contributed by atoms with van der Waals surface area (Å²) in [7, 11) is -3.90. The van der Waals surface area contributed by atoms with Crippen molar-refractivity contribution in [1.29, 1.82) is 0 Å². The lowest BCUT2D eigenvalue weighted by molar-refractivity contribution is -0.116. The molecule has 29 heavy (non-hydrogen) atoms. The average Bonchev–Trinajstić information content (AvgIpc) is 2.91. The van der Waals surface area contributed by atoms with E-state index in [0.717, 1.165) is 17.5 Å². The van der Waals surface area contributed by atoms with Gasteiger partial charge in [-0.05, 0) is 36.8 Å². The number of hydrogen-bond acceptors (Lipinski definition) is 4. The Balaban J connectivity index is 1.73. The van der Waals surface area contributed by atoms with Crippen LogP contribution in [0, 0.1) is 0 Å². The number of carbonyl (C=O) groups is 1. The molecule has 0 saturated heterocycles. The summed E-state index contributed by atoms with van der Waals surface area (Å²) in [6.45, 7) is 2.85. The molecule has 0 unspecified atom stereocenters. The van der Waals surface area contributed by atoms with Gasteiger partial charge < -0.3 is 5.32 Å². The van der Waals surface area contributed by atoms with Crippen LogP contribution >= 0.6 is 0 Å². The Morgan fingerprint density at radius 1 is 1.00 bits per heavy atom. The maximum absolute atomic E-state index is 12.7. The van der Waals surface area contributed by atoms with E-state index in [1.807, 2.05) is 31.2 Å². The molecule has 154 valence electrons. The molecule has 0 spiro atoms. The zero-order valence-corrected chi connectivity index (χ0v) is 16.8. The molecule has 0 bridgehead atoms. The molecule has 0 aliphatic rings. The zero-order chi connectivity index (χ0) is 21.0. The summed E-state index contributed by atoms with van der Waals surface area (Å²) in [5.74, 6) is -0.294. The second-order valence-corrected chi connectivity index (χ2v) is 7.89. The third kappa shape index (κ3) is 5.04. The van der Waals surface area contributed by atoms with Gasteiger partial charge in [0.05, 0.1) is 16.7 Å². The highest BCUT2D eigenvalue weighted by Crippen LogP contribution is 2.17. The Hall–Kier alpha value is -3.11. The van der Waals surface area contributed by atoms with Crippen LogP contribution in [0.3, 0.4) is 0 Å². The van der Waals surface area contributed by atoms with Crippen molar-refractivity contribution in [2.45, 2.75) is 32.9 Å². The summed E-state index contributed by atoms with van der Waals surface area (Å²) in [6.07, 6.45) is 0.921. The van der Waals surface area contributed by atoms with Crippen molar-refractivity contribution >= 4 is 38.5 Å². The number of fused-ring (bicyclic) bond motifs is 1. The van der Waals surface area contributed by atoms with Gasteiger partial charge in [-0.2, -0.15) is 8.42 Å². The first-order chi connectivity index (χ1) is 13.8. The molecular weight excluding hydrogens is 394 g/mol. The standard InChI is InChI=1S/C19H23N5O4S/c1-2-11-23-16-8-3-4-9-17(16)24(19(23)26)12-10-18(25)21-14-6-5-7-15(13-14)22-29(20,27)28/h3-9,13,22H,2,10-12H2,1H3,(H,21,25)(H2,20,27,28). The van der Waals surface area contributed by atoms with Gasteiger partial charge >= 0.3 is 5.69 Å². The van der Waals surface area contributed by atoms with E-state index in [4.69, 9.17) is 5.14 Å². The van der Waals surface area contributed by atoms with Gasteiger partial charge in [0.15, 0.2) is 0 Å². The van der Waals surface area contributed by atoms with E-state index in [2.05, 4.69) is 10.0 Å². The molecule has 0 saturated carbocycles. The number of nitrogens with one attached hydrogen (secondary N) is 2. The lowest BCUT2D eigenvalue weighted by Gasteiger charge is -2.09. The van der Waals surface area contributed by atoms with Crippen molar-refractivity contribution < 1.29 is 13.2 Å². The maximum Gasteiger partial charge on any atom is 0.329 e. The molecule has 0 radical (unpaired) electrons. The number of aryl methyl sites for hydroxylation is 2. The van der Waals surface area contributed by atoms with Crippen LogP contribution in [0.15, 0.2) is 53.3 Å². The van der Waals surface area contributed by atoms with E-state index in [0.29, 0.717) is 12.2 Å². The Kier molecular flexibility index (Phi) is 6.04. The summed E-state index contributed by atoms with van der Waals surface area (Å²) in [6, 6.07) is 13.7. The first-order valence-corrected chi connectivity index (χ1v) is 10.7. The van der Waals surface area contributed by atoms with Crippen LogP contribution in [-0.2, 0) is 28.1 Å². The number of benzene rings is 2. The number of amides is 1. The van der Waals surface area contributed by atoms with Gasteiger partial charge in [0.25, 0.3) is 10.2 Å². The number of hydrogen-bond donors (Lipinski definition) is 3. The Bertz CT molecular complexity index is 1200. The third-order valence-corrected chi connectivity index (χ3v) is 4.86. The van der Waals surface area contributed by atoms with Crippen LogP contribution in [0.2, 0.25) is 0 Å². The average molecular weight is 417 g/mol. The summed E-state index contributed by atoms with van der Waals surface area (Å²) in [5.41, 5.74) is 2.16. The summed E-state index contributed by atoms with van der Waals surface area (Å²) in [5, 5.41) is 7.65. The summed E-state index contributed by atoms with van der Waals surface area (Å²) in [4.78, 5) is 25.1. The van der Waals surface area contributed by atoms with E-state index in [1.165, 1.54) is 12.1 Å². The molecule has 3 rings (SSSR count). The van der Waals surface area contributed by atoms with Crippen molar-refractivity contribution in [3.05, 3.63) is 59.0 Å². The number of nitrogens with zero attached hydrogens (tertiary/aromatic N) is 2. The van der Waals surface area contributed by atoms with Crippen LogP contribution in [-0.4, -0.2) is 23.5 Å². The number of anilines is 2. The molecule has 1 aromatic heterocycles. The van der Waals surface area contributed by atoms with Gasteiger partial charge in [0.2, 0.25) is 5.91 Å². The number of nitrogens with two attached hydrogens (primary N) is 1. The van der Waals surface area contributed by atoms with E-state index in [9.17, 15) is 18.0 Å². The van der Waals surface area contributed by atoms with Gasteiger partial charge in [-0.15, -0.1) is 0 Å². The first-order valence-electron chi connectivity index (χ1n) is 9.17. The van der Waals surface area contributed by atoms with E-state index in [1.54, 1.807) is 21.3 Å². The highest BCUT2D eigenvalue weighted by Gasteiger charge is 2.13. The molecule has 3 aromatic rings. The normalized spacial score (nSPS) is 11.5. The Morgan fingerprint density at radius 3 is 2.24 bits per heavy atom. The number of rotatable bonds is 8. The van der Waals surface area contributed by atoms with Crippen molar-refractivity contribution in [2.75, 3.05) is 10.0 Å². The number of aromatic nitrogens is 2. The maximum atomic E-state index is 12.7. The topological polar surface area (TPSA) is 128 Å². The highest BCUT2D eigenvalue weighted by atomic mass is 32.2. The third-order valence-electron chi connectivity index (χ3n) is 4.34. The number of para-hydroxylation sites is 2. The smallest absolute Gasteiger partial charge is 0.326 e. The summed E-state index contributed by atoms with van der Waals surface area (Å²) >= 11 is 0. The summed E-state index contributed by atoms with van der Waals surface area (Å²) < 4.78 is 27.7. The molecule has 0 aliphatic carbocycles. The first kappa shape index (κ1) is 20.6. The van der Waals surface area contributed by atoms with Crippen LogP contribution in [0.25, 0.3) is 11.0 Å². The van der Waals surface area contributed by atoms with Crippen LogP contribution in [0.5, 0.6) is 0 Å². The molecule has 1 amide bonds. The lowest BCUT2D eigenvalue weighted by atomic mass is 10.2. The fraction of sp³-hybridized carbons (Fsp3) is 0.263. The quantitative estimate of drug-likeness (QED) is 0.517. The zero-order valence-electron chi connectivity index (χ0n) is 16.0. The van der Waals surface area contributed by atoms with Crippen molar-refractivity contribution in [1.82, 2.24) is 9.13 Å². The van der Waals surface area contributed by atoms with Gasteiger partial charge in [0, 0.05) is 25.2 Å². The van der Waals surface area contributed by atoms with Crippen molar-refractivity contribution in [3.63, 3.8) is 0 Å². The fourth-order valence-corrected chi connectivity index (χ4v) is 3.65. The Morgan fingerprint density at radius 2 is 1.62 bits per heavy atom. The lowest BCUT2D eigenvalue weighted by Crippen LogP contribution is -2.26. The molecular formula is C19H23N5O4S. The number of carbonyl (C=O) groups excluding carboxylic acids is 1.